The standard InChI is InChI=1S/C26H31N3O3/c30-25-18-29(17-23(27-25)15-20-9-3-1-4-10-20)16-22-13-7-8-14-24(22)28-26(31)32-19-21-11-5-2-6-12-21/h1-6,9-12,16,23-24H,7-8,13-15,17-19H2,(H,27,30)(H,28,31)/b22-16-/t23-,24+/m0/s1. The van der Waals surface area contributed by atoms with Gasteiger partial charge >= 0.3 is 6.09 Å². The number of hydrogen-bond donors (Lipinski definition) is 2. The number of carbonyl (C=O) groups excluding carboxylic acids is 2. The zero-order chi connectivity index (χ0) is 22.2. The van der Waals surface area contributed by atoms with E-state index >= 15 is 0 Å². The highest BCUT2D eigenvalue weighted by Gasteiger charge is 2.26. The minimum Gasteiger partial charge on any atom is -0.445 e. The molecule has 0 aromatic heterocycles. The molecule has 0 spiro atoms. The SMILES string of the molecule is O=C1CN(/C=C2/CCCC[C@H]2NC(=O)OCc2ccccc2)C[C@H](Cc2ccccc2)N1. The molecule has 168 valence electrons. The van der Waals surface area contributed by atoms with Gasteiger partial charge in [-0.1, -0.05) is 67.1 Å². The second-order valence-corrected chi connectivity index (χ2v) is 8.59. The lowest BCUT2D eigenvalue weighted by atomic mass is 9.90. The van der Waals surface area contributed by atoms with Crippen LogP contribution in [0.1, 0.15) is 36.8 Å². The van der Waals surface area contributed by atoms with Crippen LogP contribution in [0.15, 0.2) is 72.4 Å². The normalized spacial score (nSPS) is 22.3. The van der Waals surface area contributed by atoms with Crippen LogP contribution in [0.2, 0.25) is 0 Å². The van der Waals surface area contributed by atoms with Crippen LogP contribution in [-0.2, 0) is 22.6 Å². The molecule has 1 aliphatic heterocycles. The molecule has 0 unspecified atom stereocenters. The lowest BCUT2D eigenvalue weighted by Crippen LogP contribution is -2.53. The highest BCUT2D eigenvalue weighted by Crippen LogP contribution is 2.25. The third kappa shape index (κ3) is 6.36. The van der Waals surface area contributed by atoms with Crippen molar-refractivity contribution in [3.8, 4) is 0 Å². The van der Waals surface area contributed by atoms with Crippen molar-refractivity contribution in [3.63, 3.8) is 0 Å². The minimum absolute atomic E-state index is 0.0385. The Labute approximate surface area is 189 Å². The zero-order valence-corrected chi connectivity index (χ0v) is 18.3. The number of nitrogens with one attached hydrogen (secondary N) is 2. The van der Waals surface area contributed by atoms with Gasteiger partial charge in [0.25, 0.3) is 0 Å². The zero-order valence-electron chi connectivity index (χ0n) is 18.3. The molecule has 2 fully saturated rings. The van der Waals surface area contributed by atoms with Crippen LogP contribution in [-0.4, -0.2) is 42.1 Å². The quantitative estimate of drug-likeness (QED) is 0.727. The Morgan fingerprint density at radius 1 is 1.06 bits per heavy atom. The number of alkyl carbamates (subject to hydrolysis) is 1. The number of rotatable bonds is 6. The average Bonchev–Trinajstić information content (AvgIpc) is 2.80. The van der Waals surface area contributed by atoms with Crippen LogP contribution in [0.3, 0.4) is 0 Å². The summed E-state index contributed by atoms with van der Waals surface area (Å²) >= 11 is 0. The van der Waals surface area contributed by atoms with E-state index in [4.69, 9.17) is 4.74 Å². The molecule has 32 heavy (non-hydrogen) atoms. The van der Waals surface area contributed by atoms with Gasteiger partial charge in [-0.2, -0.15) is 0 Å². The van der Waals surface area contributed by atoms with Crippen molar-refractivity contribution in [2.45, 2.75) is 50.8 Å². The summed E-state index contributed by atoms with van der Waals surface area (Å²) < 4.78 is 5.41. The first-order valence-electron chi connectivity index (χ1n) is 11.4. The summed E-state index contributed by atoms with van der Waals surface area (Å²) in [6, 6.07) is 19.9. The van der Waals surface area contributed by atoms with Crippen molar-refractivity contribution < 1.29 is 14.3 Å². The monoisotopic (exact) mass is 433 g/mol. The van der Waals surface area contributed by atoms with Crippen LogP contribution in [0.5, 0.6) is 0 Å². The number of benzene rings is 2. The summed E-state index contributed by atoms with van der Waals surface area (Å²) in [6.45, 7) is 1.36. The Morgan fingerprint density at radius 3 is 2.53 bits per heavy atom. The lowest BCUT2D eigenvalue weighted by molar-refractivity contribution is -0.124. The maximum Gasteiger partial charge on any atom is 0.407 e. The predicted octanol–water partition coefficient (Wildman–Crippen LogP) is 3.78. The van der Waals surface area contributed by atoms with Gasteiger partial charge in [0, 0.05) is 12.7 Å². The smallest absolute Gasteiger partial charge is 0.407 e. The highest BCUT2D eigenvalue weighted by molar-refractivity contribution is 5.79. The average molecular weight is 434 g/mol. The van der Waals surface area contributed by atoms with Crippen molar-refractivity contribution in [2.24, 2.45) is 0 Å². The molecule has 2 N–H and O–H groups in total. The Kier molecular flexibility index (Phi) is 7.43. The third-order valence-corrected chi connectivity index (χ3v) is 6.00. The lowest BCUT2D eigenvalue weighted by Gasteiger charge is -2.35. The highest BCUT2D eigenvalue weighted by atomic mass is 16.5. The Bertz CT molecular complexity index is 930. The van der Waals surface area contributed by atoms with Gasteiger partial charge in [0.05, 0.1) is 18.6 Å². The fourth-order valence-electron chi connectivity index (χ4n) is 4.46. The van der Waals surface area contributed by atoms with Crippen LogP contribution < -0.4 is 10.6 Å². The molecule has 2 amide bonds. The van der Waals surface area contributed by atoms with Crippen molar-refractivity contribution in [1.82, 2.24) is 15.5 Å². The van der Waals surface area contributed by atoms with E-state index in [0.717, 1.165) is 44.2 Å². The molecule has 2 aromatic carbocycles. The second-order valence-electron chi connectivity index (χ2n) is 8.59. The molecule has 2 atom stereocenters. The minimum atomic E-state index is -0.398. The number of nitrogens with zero attached hydrogens (tertiary/aromatic N) is 1. The van der Waals surface area contributed by atoms with Crippen molar-refractivity contribution in [1.29, 1.82) is 0 Å². The van der Waals surface area contributed by atoms with Crippen LogP contribution in [0.25, 0.3) is 0 Å². The maximum absolute atomic E-state index is 12.4. The van der Waals surface area contributed by atoms with E-state index in [1.54, 1.807) is 0 Å². The molecule has 4 rings (SSSR count). The molecule has 6 heteroatoms. The molecule has 0 radical (unpaired) electrons. The van der Waals surface area contributed by atoms with Gasteiger partial charge in [-0.05, 0) is 42.4 Å². The molecule has 1 aliphatic carbocycles. The predicted molar refractivity (Wildman–Crippen MR) is 124 cm³/mol. The Hall–Kier alpha value is -3.28. The first kappa shape index (κ1) is 21.9. The van der Waals surface area contributed by atoms with Gasteiger partial charge in [-0.15, -0.1) is 0 Å². The van der Waals surface area contributed by atoms with E-state index in [1.807, 2.05) is 48.5 Å². The van der Waals surface area contributed by atoms with Gasteiger partial charge < -0.3 is 20.3 Å². The van der Waals surface area contributed by atoms with E-state index in [9.17, 15) is 9.59 Å². The van der Waals surface area contributed by atoms with Crippen LogP contribution >= 0.6 is 0 Å². The van der Waals surface area contributed by atoms with Gasteiger partial charge in [-0.3, -0.25) is 4.79 Å². The molecule has 1 saturated heterocycles. The summed E-state index contributed by atoms with van der Waals surface area (Å²) in [5.41, 5.74) is 3.34. The summed E-state index contributed by atoms with van der Waals surface area (Å²) in [5.74, 6) is 0.0385. The van der Waals surface area contributed by atoms with Gasteiger partial charge in [0.2, 0.25) is 5.91 Å². The molecular weight excluding hydrogens is 402 g/mol. The van der Waals surface area contributed by atoms with E-state index in [2.05, 4.69) is 33.9 Å². The fourth-order valence-corrected chi connectivity index (χ4v) is 4.46. The molecule has 6 nitrogen and oxygen atoms in total. The molecule has 1 saturated carbocycles. The van der Waals surface area contributed by atoms with Gasteiger partial charge in [0.1, 0.15) is 6.61 Å². The number of hydrogen-bond acceptors (Lipinski definition) is 4. The van der Waals surface area contributed by atoms with E-state index in [0.29, 0.717) is 6.54 Å². The van der Waals surface area contributed by atoms with E-state index < -0.39 is 6.09 Å². The summed E-state index contributed by atoms with van der Waals surface area (Å²) in [5, 5.41) is 6.14. The maximum atomic E-state index is 12.4. The topological polar surface area (TPSA) is 70.7 Å². The number of carbonyl (C=O) groups is 2. The van der Waals surface area contributed by atoms with Crippen molar-refractivity contribution in [3.05, 3.63) is 83.6 Å². The Balaban J connectivity index is 1.35. The largest absolute Gasteiger partial charge is 0.445 e. The summed E-state index contributed by atoms with van der Waals surface area (Å²) in [4.78, 5) is 26.8. The molecular formula is C26H31N3O3. The van der Waals surface area contributed by atoms with Gasteiger partial charge in [-0.25, -0.2) is 4.79 Å². The molecule has 0 bridgehead atoms. The second kappa shape index (κ2) is 10.8. The van der Waals surface area contributed by atoms with Crippen molar-refractivity contribution >= 4 is 12.0 Å². The molecule has 2 aromatic rings. The van der Waals surface area contributed by atoms with Crippen molar-refractivity contribution in [2.75, 3.05) is 13.1 Å². The number of ether oxygens (including phenoxy) is 1. The fraction of sp³-hybridized carbons (Fsp3) is 0.385. The summed E-state index contributed by atoms with van der Waals surface area (Å²) in [7, 11) is 0. The van der Waals surface area contributed by atoms with Crippen LogP contribution in [0.4, 0.5) is 4.79 Å². The number of amides is 2. The summed E-state index contributed by atoms with van der Waals surface area (Å²) in [6.07, 6.45) is 6.47. The molecule has 1 heterocycles. The molecule has 2 aliphatic rings. The third-order valence-electron chi connectivity index (χ3n) is 6.00. The Morgan fingerprint density at radius 2 is 1.78 bits per heavy atom. The first-order valence-corrected chi connectivity index (χ1v) is 11.4. The van der Waals surface area contributed by atoms with E-state index in [-0.39, 0.29) is 24.6 Å². The van der Waals surface area contributed by atoms with E-state index in [1.165, 1.54) is 11.1 Å². The number of piperazine rings is 1. The first-order chi connectivity index (χ1) is 15.7. The van der Waals surface area contributed by atoms with Gasteiger partial charge in [0.15, 0.2) is 0 Å². The van der Waals surface area contributed by atoms with Crippen LogP contribution in [0, 0.1) is 0 Å².